The van der Waals surface area contributed by atoms with E-state index < -0.39 is 5.60 Å². The van der Waals surface area contributed by atoms with Gasteiger partial charge >= 0.3 is 0 Å². The van der Waals surface area contributed by atoms with Crippen molar-refractivity contribution in [2.45, 2.75) is 57.0 Å². The number of benzene rings is 1. The SMILES string of the molecule is C#C[C@]1(O)CC[C@@H]2[C@@H]3CCc4cc(OC)ccc4[C@@H]3CC[C@]21C. The molecule has 0 radical (unpaired) electrons. The first-order valence-corrected chi connectivity index (χ1v) is 8.89. The summed E-state index contributed by atoms with van der Waals surface area (Å²) in [6, 6.07) is 6.59. The topological polar surface area (TPSA) is 29.5 Å². The fraction of sp³-hybridized carbons (Fsp3) is 0.619. The van der Waals surface area contributed by atoms with Crippen LogP contribution in [-0.4, -0.2) is 17.8 Å². The monoisotopic (exact) mass is 310 g/mol. The summed E-state index contributed by atoms with van der Waals surface area (Å²) in [5, 5.41) is 11.0. The Morgan fingerprint density at radius 1 is 1.26 bits per heavy atom. The Balaban J connectivity index is 1.70. The van der Waals surface area contributed by atoms with E-state index in [4.69, 9.17) is 11.2 Å². The van der Waals surface area contributed by atoms with E-state index in [0.717, 1.165) is 37.9 Å². The van der Waals surface area contributed by atoms with Crippen molar-refractivity contribution in [1.29, 1.82) is 0 Å². The molecular formula is C21H26O2. The number of terminal acetylenes is 1. The molecule has 0 bridgehead atoms. The lowest BCUT2D eigenvalue weighted by molar-refractivity contribution is -0.0646. The molecule has 0 aromatic heterocycles. The molecule has 3 aliphatic rings. The van der Waals surface area contributed by atoms with Crippen molar-refractivity contribution in [2.24, 2.45) is 17.3 Å². The van der Waals surface area contributed by atoms with E-state index in [-0.39, 0.29) is 5.41 Å². The Morgan fingerprint density at radius 2 is 2.09 bits per heavy atom. The molecule has 2 saturated carbocycles. The molecule has 0 spiro atoms. The number of fused-ring (bicyclic) bond motifs is 5. The van der Waals surface area contributed by atoms with Crippen molar-refractivity contribution in [3.63, 3.8) is 0 Å². The van der Waals surface area contributed by atoms with Gasteiger partial charge in [-0.05, 0) is 79.5 Å². The minimum atomic E-state index is -0.900. The van der Waals surface area contributed by atoms with Crippen LogP contribution in [0.15, 0.2) is 18.2 Å². The van der Waals surface area contributed by atoms with Gasteiger partial charge in [-0.1, -0.05) is 18.9 Å². The first-order valence-electron chi connectivity index (χ1n) is 8.89. The van der Waals surface area contributed by atoms with Gasteiger partial charge in [0.05, 0.1) is 7.11 Å². The van der Waals surface area contributed by atoms with E-state index in [2.05, 4.69) is 31.0 Å². The fourth-order valence-corrected chi connectivity index (χ4v) is 5.94. The van der Waals surface area contributed by atoms with Gasteiger partial charge in [0, 0.05) is 5.41 Å². The number of hydrogen-bond acceptors (Lipinski definition) is 2. The van der Waals surface area contributed by atoms with Crippen molar-refractivity contribution in [1.82, 2.24) is 0 Å². The van der Waals surface area contributed by atoms with Crippen LogP contribution in [0, 0.1) is 29.6 Å². The van der Waals surface area contributed by atoms with Crippen LogP contribution in [0.2, 0.25) is 0 Å². The lowest BCUT2D eigenvalue weighted by Gasteiger charge is -2.52. The minimum absolute atomic E-state index is 0.104. The van der Waals surface area contributed by atoms with Crippen LogP contribution in [-0.2, 0) is 6.42 Å². The Hall–Kier alpha value is -1.46. The molecule has 2 heteroatoms. The maximum atomic E-state index is 11.0. The number of ether oxygens (including phenoxy) is 1. The minimum Gasteiger partial charge on any atom is -0.497 e. The van der Waals surface area contributed by atoms with Gasteiger partial charge in [-0.3, -0.25) is 0 Å². The summed E-state index contributed by atoms with van der Waals surface area (Å²) in [6.07, 6.45) is 12.1. The van der Waals surface area contributed by atoms with E-state index >= 15 is 0 Å². The molecule has 122 valence electrons. The number of aryl methyl sites for hydroxylation is 1. The van der Waals surface area contributed by atoms with Crippen molar-refractivity contribution >= 4 is 0 Å². The molecule has 1 N–H and O–H groups in total. The van der Waals surface area contributed by atoms with E-state index in [9.17, 15) is 5.11 Å². The summed E-state index contributed by atoms with van der Waals surface area (Å²) in [5.74, 6) is 5.56. The predicted molar refractivity (Wildman–Crippen MR) is 91.4 cm³/mol. The van der Waals surface area contributed by atoms with Crippen LogP contribution in [0.3, 0.4) is 0 Å². The third-order valence-corrected chi connectivity index (χ3v) is 7.32. The third kappa shape index (κ3) is 1.93. The molecule has 0 amide bonds. The normalized spacial score (nSPS) is 41.4. The second-order valence-corrected chi connectivity index (χ2v) is 7.98. The summed E-state index contributed by atoms with van der Waals surface area (Å²) in [6.45, 7) is 2.24. The van der Waals surface area contributed by atoms with Crippen LogP contribution in [0.5, 0.6) is 5.75 Å². The first-order chi connectivity index (χ1) is 11.0. The highest BCUT2D eigenvalue weighted by Gasteiger charge is 2.61. The van der Waals surface area contributed by atoms with Crippen LogP contribution in [0.1, 0.15) is 56.1 Å². The number of rotatable bonds is 1. The fourth-order valence-electron chi connectivity index (χ4n) is 5.94. The number of aliphatic hydroxyl groups is 1. The smallest absolute Gasteiger partial charge is 0.130 e. The summed E-state index contributed by atoms with van der Waals surface area (Å²) < 4.78 is 5.39. The summed E-state index contributed by atoms with van der Waals surface area (Å²) in [7, 11) is 1.73. The Kier molecular flexibility index (Phi) is 3.29. The van der Waals surface area contributed by atoms with Crippen LogP contribution < -0.4 is 4.74 Å². The van der Waals surface area contributed by atoms with Gasteiger partial charge in [0.1, 0.15) is 11.4 Å². The molecule has 3 aliphatic carbocycles. The van der Waals surface area contributed by atoms with Gasteiger partial charge in [-0.25, -0.2) is 0 Å². The first kappa shape index (κ1) is 15.1. The predicted octanol–water partition coefficient (Wildman–Crippen LogP) is 3.92. The number of methoxy groups -OCH3 is 1. The highest BCUT2D eigenvalue weighted by molar-refractivity contribution is 5.41. The van der Waals surface area contributed by atoms with Gasteiger partial charge in [-0.2, -0.15) is 0 Å². The van der Waals surface area contributed by atoms with Crippen LogP contribution in [0.25, 0.3) is 0 Å². The molecule has 4 rings (SSSR count). The highest BCUT2D eigenvalue weighted by Crippen LogP contribution is 2.64. The van der Waals surface area contributed by atoms with Crippen molar-refractivity contribution in [3.05, 3.63) is 29.3 Å². The Labute approximate surface area is 139 Å². The van der Waals surface area contributed by atoms with Gasteiger partial charge in [0.2, 0.25) is 0 Å². The molecular weight excluding hydrogens is 284 g/mol. The van der Waals surface area contributed by atoms with E-state index in [1.165, 1.54) is 17.5 Å². The average Bonchev–Trinajstić information content (AvgIpc) is 2.86. The molecule has 0 unspecified atom stereocenters. The van der Waals surface area contributed by atoms with Crippen molar-refractivity contribution in [2.75, 3.05) is 7.11 Å². The molecule has 0 saturated heterocycles. The van der Waals surface area contributed by atoms with E-state index in [1.54, 1.807) is 7.11 Å². The molecule has 1 aromatic carbocycles. The zero-order chi connectivity index (χ0) is 16.2. The highest BCUT2D eigenvalue weighted by atomic mass is 16.5. The molecule has 0 aliphatic heterocycles. The summed E-state index contributed by atoms with van der Waals surface area (Å²) in [5.41, 5.74) is 1.97. The zero-order valence-electron chi connectivity index (χ0n) is 14.1. The molecule has 1 aromatic rings. The molecule has 2 nitrogen and oxygen atoms in total. The van der Waals surface area contributed by atoms with Gasteiger partial charge < -0.3 is 9.84 Å². The Bertz CT molecular complexity index is 673. The second kappa shape index (κ2) is 5.02. The van der Waals surface area contributed by atoms with Crippen LogP contribution >= 0.6 is 0 Å². The molecule has 5 atom stereocenters. The quantitative estimate of drug-likeness (QED) is 0.797. The third-order valence-electron chi connectivity index (χ3n) is 7.32. The maximum absolute atomic E-state index is 11.0. The van der Waals surface area contributed by atoms with E-state index in [1.807, 2.05) is 0 Å². The van der Waals surface area contributed by atoms with Crippen molar-refractivity contribution in [3.8, 4) is 18.1 Å². The van der Waals surface area contributed by atoms with Crippen LogP contribution in [0.4, 0.5) is 0 Å². The van der Waals surface area contributed by atoms with Gasteiger partial charge in [-0.15, -0.1) is 6.42 Å². The largest absolute Gasteiger partial charge is 0.497 e. The molecule has 0 heterocycles. The van der Waals surface area contributed by atoms with Crippen molar-refractivity contribution < 1.29 is 9.84 Å². The lowest BCUT2D eigenvalue weighted by Crippen LogP contribution is -2.50. The molecule has 23 heavy (non-hydrogen) atoms. The standard InChI is InChI=1S/C21H26O2/c1-4-21(22)12-10-19-18-7-5-14-13-15(23-3)6-8-16(14)17(18)9-11-20(19,21)2/h1,6,8,13,17-19,22H,5,7,9-12H2,2-3H3/t17-,18+,19+,20+,21-/m0/s1. The van der Waals surface area contributed by atoms with E-state index in [0.29, 0.717) is 17.8 Å². The maximum Gasteiger partial charge on any atom is 0.130 e. The summed E-state index contributed by atoms with van der Waals surface area (Å²) >= 11 is 0. The Morgan fingerprint density at radius 3 is 2.83 bits per heavy atom. The average molecular weight is 310 g/mol. The second-order valence-electron chi connectivity index (χ2n) is 7.98. The zero-order valence-corrected chi connectivity index (χ0v) is 14.1. The molecule has 2 fully saturated rings. The van der Waals surface area contributed by atoms with Gasteiger partial charge in [0.25, 0.3) is 0 Å². The van der Waals surface area contributed by atoms with Gasteiger partial charge in [0.15, 0.2) is 0 Å². The summed E-state index contributed by atoms with van der Waals surface area (Å²) in [4.78, 5) is 0. The lowest BCUT2D eigenvalue weighted by atomic mass is 9.53. The number of hydrogen-bond donors (Lipinski definition) is 1.